The van der Waals surface area contributed by atoms with Crippen LogP contribution in [0.15, 0.2) is 72.8 Å². The number of anilines is 1. The molecule has 0 bridgehead atoms. The van der Waals surface area contributed by atoms with Crippen LogP contribution < -0.4 is 10.6 Å². The van der Waals surface area contributed by atoms with E-state index in [0.717, 1.165) is 0 Å². The third kappa shape index (κ3) is 6.96. The number of nitro groups is 1. The van der Waals surface area contributed by atoms with Crippen LogP contribution in [0.3, 0.4) is 0 Å². The molecule has 1 unspecified atom stereocenters. The van der Waals surface area contributed by atoms with Gasteiger partial charge in [-0.1, -0.05) is 12.1 Å². The van der Waals surface area contributed by atoms with Crippen molar-refractivity contribution in [3.05, 3.63) is 88.6 Å². The predicted octanol–water partition coefficient (Wildman–Crippen LogP) is 2.87. The summed E-state index contributed by atoms with van der Waals surface area (Å²) in [6.45, 7) is 1.91. The molecule has 0 saturated carbocycles. The number of ether oxygens (including phenoxy) is 2. The molecule has 2 rings (SSSR count). The predicted molar refractivity (Wildman–Crippen MR) is 113 cm³/mol. The highest BCUT2D eigenvalue weighted by atomic mass is 16.6. The zero-order valence-corrected chi connectivity index (χ0v) is 17.0. The largest absolute Gasteiger partial charge is 0.465 e. The number of nitrogens with zero attached hydrogens (tertiary/aromatic N) is 2. The van der Waals surface area contributed by atoms with Gasteiger partial charge < -0.3 is 20.1 Å². The number of benzene rings is 1. The van der Waals surface area contributed by atoms with Gasteiger partial charge in [-0.3, -0.25) is 19.9 Å². The summed E-state index contributed by atoms with van der Waals surface area (Å²) in [5.41, 5.74) is 0.795. The number of esters is 2. The number of aromatic nitrogens is 1. The molecule has 10 nitrogen and oxygen atoms in total. The van der Waals surface area contributed by atoms with E-state index in [9.17, 15) is 19.7 Å². The lowest BCUT2D eigenvalue weighted by Crippen LogP contribution is -2.20. The molecule has 0 saturated heterocycles. The Bertz CT molecular complexity index is 975. The van der Waals surface area contributed by atoms with Crippen molar-refractivity contribution >= 4 is 23.3 Å². The fraction of sp³-hybridized carbons (Fsp3) is 0.190. The summed E-state index contributed by atoms with van der Waals surface area (Å²) < 4.78 is 9.82. The smallest absolute Gasteiger partial charge is 0.355 e. The summed E-state index contributed by atoms with van der Waals surface area (Å²) in [5, 5.41) is 16.4. The Labute approximate surface area is 178 Å². The maximum Gasteiger partial charge on any atom is 0.355 e. The van der Waals surface area contributed by atoms with Crippen molar-refractivity contribution in [1.82, 2.24) is 10.3 Å². The summed E-state index contributed by atoms with van der Waals surface area (Å²) >= 11 is 0. The van der Waals surface area contributed by atoms with Crippen LogP contribution in [0.1, 0.15) is 18.5 Å². The van der Waals surface area contributed by atoms with E-state index in [1.165, 1.54) is 43.8 Å². The Balaban J connectivity index is 2.19. The van der Waals surface area contributed by atoms with Crippen molar-refractivity contribution in [2.24, 2.45) is 0 Å². The number of methoxy groups -OCH3 is 1. The number of carbonyl (C=O) groups is 2. The Morgan fingerprint density at radius 1 is 1.26 bits per heavy atom. The number of carbonyl (C=O) groups excluding carboxylic acids is 2. The minimum absolute atomic E-state index is 0.00823. The quantitative estimate of drug-likeness (QED) is 0.255. The van der Waals surface area contributed by atoms with Crippen molar-refractivity contribution in [1.29, 1.82) is 0 Å². The number of nitrogens with one attached hydrogen (secondary N) is 2. The Kier molecular flexibility index (Phi) is 8.72. The van der Waals surface area contributed by atoms with Crippen molar-refractivity contribution in [3.63, 3.8) is 0 Å². The molecule has 31 heavy (non-hydrogen) atoms. The highest BCUT2D eigenvalue weighted by molar-refractivity contribution is 5.88. The summed E-state index contributed by atoms with van der Waals surface area (Å²) in [4.78, 5) is 38.9. The first kappa shape index (κ1) is 23.1. The van der Waals surface area contributed by atoms with E-state index in [4.69, 9.17) is 9.47 Å². The van der Waals surface area contributed by atoms with Gasteiger partial charge in [-0.05, 0) is 37.4 Å². The Hall–Kier alpha value is -4.21. The molecule has 0 spiro atoms. The first-order chi connectivity index (χ1) is 15.0. The third-order valence-electron chi connectivity index (χ3n) is 3.92. The molecule has 10 heteroatoms. The van der Waals surface area contributed by atoms with E-state index in [1.54, 1.807) is 37.4 Å². The van der Waals surface area contributed by atoms with Crippen LogP contribution in [0.2, 0.25) is 0 Å². The number of non-ortho nitro benzene ring substituents is 1. The molecule has 2 N–H and O–H groups in total. The van der Waals surface area contributed by atoms with Gasteiger partial charge in [0.15, 0.2) is 0 Å². The van der Waals surface area contributed by atoms with Gasteiger partial charge in [0.05, 0.1) is 24.3 Å². The van der Waals surface area contributed by atoms with Crippen LogP contribution in [0, 0.1) is 10.1 Å². The van der Waals surface area contributed by atoms with Gasteiger partial charge >= 0.3 is 11.9 Å². The second-order valence-corrected chi connectivity index (χ2v) is 5.99. The summed E-state index contributed by atoms with van der Waals surface area (Å²) in [5.74, 6) is -1.96. The van der Waals surface area contributed by atoms with Crippen LogP contribution in [-0.4, -0.2) is 35.6 Å². The van der Waals surface area contributed by atoms with Crippen LogP contribution in [0.25, 0.3) is 0 Å². The fourth-order valence-corrected chi connectivity index (χ4v) is 2.46. The number of nitro benzene ring substituents is 1. The SMILES string of the molecule is CCOC(=O)C(/C=C/N/C(=C/Nc1cccc([N+](=O)[O-])c1)C(=O)OC)c1ccccn1. The number of hydrogen-bond donors (Lipinski definition) is 2. The lowest BCUT2D eigenvalue weighted by Gasteiger charge is -2.12. The van der Waals surface area contributed by atoms with E-state index in [2.05, 4.69) is 15.6 Å². The zero-order chi connectivity index (χ0) is 22.6. The van der Waals surface area contributed by atoms with Crippen molar-refractivity contribution in [3.8, 4) is 0 Å². The maximum atomic E-state index is 12.3. The molecule has 2 aromatic rings. The van der Waals surface area contributed by atoms with Crippen LogP contribution >= 0.6 is 0 Å². The fourth-order valence-electron chi connectivity index (χ4n) is 2.46. The standard InChI is InChI=1S/C21H22N4O6/c1-3-31-20(26)17(18-9-4-5-11-22-18)10-12-23-19(21(27)30-2)14-24-15-7-6-8-16(13-15)25(28)29/h4-14,17,23-24H,3H2,1-2H3/b12-10+,19-14+. The van der Waals surface area contributed by atoms with E-state index in [1.807, 2.05) is 0 Å². The zero-order valence-electron chi connectivity index (χ0n) is 17.0. The van der Waals surface area contributed by atoms with Gasteiger partial charge in [0.1, 0.15) is 11.6 Å². The average molecular weight is 426 g/mol. The van der Waals surface area contributed by atoms with Crippen LogP contribution in [0.5, 0.6) is 0 Å². The monoisotopic (exact) mass is 426 g/mol. The highest BCUT2D eigenvalue weighted by Crippen LogP contribution is 2.18. The summed E-state index contributed by atoms with van der Waals surface area (Å²) in [7, 11) is 1.21. The minimum Gasteiger partial charge on any atom is -0.465 e. The molecule has 0 aliphatic rings. The van der Waals surface area contributed by atoms with Gasteiger partial charge in [0.25, 0.3) is 5.69 Å². The van der Waals surface area contributed by atoms with Crippen LogP contribution in [0.4, 0.5) is 11.4 Å². The second-order valence-electron chi connectivity index (χ2n) is 5.99. The molecule has 0 radical (unpaired) electrons. The molecule has 0 aliphatic heterocycles. The molecular weight excluding hydrogens is 404 g/mol. The Morgan fingerprint density at radius 3 is 2.71 bits per heavy atom. The number of hydrogen-bond acceptors (Lipinski definition) is 9. The molecule has 0 amide bonds. The maximum absolute atomic E-state index is 12.3. The lowest BCUT2D eigenvalue weighted by atomic mass is 10.1. The Morgan fingerprint density at radius 2 is 2.06 bits per heavy atom. The van der Waals surface area contributed by atoms with Gasteiger partial charge in [0.2, 0.25) is 0 Å². The number of pyridine rings is 1. The normalized spacial score (nSPS) is 12.1. The van der Waals surface area contributed by atoms with Gasteiger partial charge in [-0.15, -0.1) is 0 Å². The lowest BCUT2D eigenvalue weighted by molar-refractivity contribution is -0.384. The topological polar surface area (TPSA) is 133 Å². The summed E-state index contributed by atoms with van der Waals surface area (Å²) in [6.07, 6.45) is 5.76. The van der Waals surface area contributed by atoms with E-state index < -0.39 is 22.8 Å². The first-order valence-corrected chi connectivity index (χ1v) is 9.26. The highest BCUT2D eigenvalue weighted by Gasteiger charge is 2.20. The van der Waals surface area contributed by atoms with Gasteiger partial charge in [-0.2, -0.15) is 0 Å². The van der Waals surface area contributed by atoms with E-state index in [-0.39, 0.29) is 18.0 Å². The second kappa shape index (κ2) is 11.7. The molecule has 0 fully saturated rings. The van der Waals surface area contributed by atoms with E-state index in [0.29, 0.717) is 11.4 Å². The minimum atomic E-state index is -0.780. The molecule has 0 aliphatic carbocycles. The van der Waals surface area contributed by atoms with Crippen molar-refractivity contribution < 1.29 is 24.0 Å². The van der Waals surface area contributed by atoms with Crippen LogP contribution in [-0.2, 0) is 19.1 Å². The first-order valence-electron chi connectivity index (χ1n) is 9.26. The van der Waals surface area contributed by atoms with Crippen molar-refractivity contribution in [2.45, 2.75) is 12.8 Å². The molecular formula is C21H22N4O6. The average Bonchev–Trinajstić information content (AvgIpc) is 2.79. The van der Waals surface area contributed by atoms with Gasteiger partial charge in [0, 0.05) is 30.2 Å². The molecule has 162 valence electrons. The summed E-state index contributed by atoms with van der Waals surface area (Å²) in [6, 6.07) is 10.9. The van der Waals surface area contributed by atoms with E-state index >= 15 is 0 Å². The molecule has 1 aromatic carbocycles. The van der Waals surface area contributed by atoms with Crippen molar-refractivity contribution in [2.75, 3.05) is 19.0 Å². The molecule has 1 aromatic heterocycles. The molecule has 1 atom stereocenters. The number of rotatable bonds is 10. The third-order valence-corrected chi connectivity index (χ3v) is 3.92. The van der Waals surface area contributed by atoms with Gasteiger partial charge in [-0.25, -0.2) is 4.79 Å². The molecule has 1 heterocycles.